The van der Waals surface area contributed by atoms with Crippen molar-refractivity contribution in [2.24, 2.45) is 0 Å². The van der Waals surface area contributed by atoms with Gasteiger partial charge in [0.15, 0.2) is 9.84 Å². The van der Waals surface area contributed by atoms with E-state index in [1.165, 1.54) is 6.33 Å². The summed E-state index contributed by atoms with van der Waals surface area (Å²) in [6.45, 7) is 0. The van der Waals surface area contributed by atoms with Crippen LogP contribution >= 0.6 is 15.9 Å². The summed E-state index contributed by atoms with van der Waals surface area (Å²) >= 11 is 3.36. The number of sulfone groups is 1. The fourth-order valence-electron chi connectivity index (χ4n) is 1.82. The highest BCUT2D eigenvalue weighted by Crippen LogP contribution is 2.26. The summed E-state index contributed by atoms with van der Waals surface area (Å²) in [5.41, 5.74) is 0. The van der Waals surface area contributed by atoms with E-state index < -0.39 is 9.84 Å². The molecule has 0 aromatic carbocycles. The highest BCUT2D eigenvalue weighted by atomic mass is 79.9. The molecule has 1 unspecified atom stereocenters. The molecule has 1 atom stereocenters. The molecule has 2 heterocycles. The molecule has 0 amide bonds. The van der Waals surface area contributed by atoms with Gasteiger partial charge < -0.3 is 4.90 Å². The van der Waals surface area contributed by atoms with E-state index in [0.717, 1.165) is 10.3 Å². The van der Waals surface area contributed by atoms with Crippen molar-refractivity contribution in [2.45, 2.75) is 12.5 Å². The Bertz CT molecular complexity index is 491. The molecule has 7 heteroatoms. The second-order valence-electron chi connectivity index (χ2n) is 3.86. The van der Waals surface area contributed by atoms with E-state index in [1.54, 1.807) is 6.20 Å². The predicted molar refractivity (Wildman–Crippen MR) is 65.2 cm³/mol. The first-order valence-corrected chi connectivity index (χ1v) is 7.50. The first kappa shape index (κ1) is 11.8. The smallest absolute Gasteiger partial charge is 0.152 e. The monoisotopic (exact) mass is 305 g/mol. The van der Waals surface area contributed by atoms with Gasteiger partial charge in [-0.3, -0.25) is 0 Å². The molecule has 1 saturated heterocycles. The SMILES string of the molecule is CN(c1ncncc1Br)C1CCS(=O)(=O)C1. The number of anilines is 1. The molecule has 0 spiro atoms. The Labute approximate surface area is 103 Å². The van der Waals surface area contributed by atoms with Gasteiger partial charge in [0.05, 0.1) is 16.0 Å². The van der Waals surface area contributed by atoms with Gasteiger partial charge in [-0.25, -0.2) is 18.4 Å². The Kier molecular flexibility index (Phi) is 3.16. The fraction of sp³-hybridized carbons (Fsp3) is 0.556. The third-order valence-corrected chi connectivity index (χ3v) is 5.05. The van der Waals surface area contributed by atoms with Crippen LogP contribution in [0.25, 0.3) is 0 Å². The van der Waals surface area contributed by atoms with Crippen LogP contribution in [0.5, 0.6) is 0 Å². The van der Waals surface area contributed by atoms with Gasteiger partial charge in [-0.15, -0.1) is 0 Å². The van der Waals surface area contributed by atoms with E-state index in [2.05, 4.69) is 25.9 Å². The molecular formula is C9H12BrN3O2S. The molecule has 0 aliphatic carbocycles. The van der Waals surface area contributed by atoms with E-state index in [1.807, 2.05) is 11.9 Å². The highest BCUT2D eigenvalue weighted by Gasteiger charge is 2.31. The van der Waals surface area contributed by atoms with Gasteiger partial charge >= 0.3 is 0 Å². The van der Waals surface area contributed by atoms with Crippen molar-refractivity contribution in [3.05, 3.63) is 17.0 Å². The minimum absolute atomic E-state index is 0.0104. The Morgan fingerprint density at radius 1 is 1.56 bits per heavy atom. The molecule has 1 fully saturated rings. The average molecular weight is 306 g/mol. The molecule has 0 radical (unpaired) electrons. The van der Waals surface area contributed by atoms with Gasteiger partial charge in [0.2, 0.25) is 0 Å². The van der Waals surface area contributed by atoms with E-state index in [4.69, 9.17) is 0 Å². The van der Waals surface area contributed by atoms with Crippen LogP contribution in [-0.4, -0.2) is 43.0 Å². The van der Waals surface area contributed by atoms with Crippen LogP contribution in [0.2, 0.25) is 0 Å². The quantitative estimate of drug-likeness (QED) is 0.811. The zero-order valence-electron chi connectivity index (χ0n) is 8.80. The van der Waals surface area contributed by atoms with Crippen molar-refractivity contribution < 1.29 is 8.42 Å². The molecule has 1 aromatic heterocycles. The van der Waals surface area contributed by atoms with Crippen LogP contribution < -0.4 is 4.90 Å². The zero-order valence-corrected chi connectivity index (χ0v) is 11.2. The Balaban J connectivity index is 2.21. The summed E-state index contributed by atoms with van der Waals surface area (Å²) in [5, 5.41) is 0. The Morgan fingerprint density at radius 2 is 2.31 bits per heavy atom. The first-order chi connectivity index (χ1) is 7.49. The third kappa shape index (κ3) is 2.35. The summed E-state index contributed by atoms with van der Waals surface area (Å²) in [6.07, 6.45) is 3.78. The van der Waals surface area contributed by atoms with Crippen molar-refractivity contribution in [3.8, 4) is 0 Å². The highest BCUT2D eigenvalue weighted by molar-refractivity contribution is 9.10. The van der Waals surface area contributed by atoms with Gasteiger partial charge in [-0.05, 0) is 22.4 Å². The standard InChI is InChI=1S/C9H12BrN3O2S/c1-13(7-2-3-16(14,15)5-7)9-8(10)4-11-6-12-9/h4,6-7H,2-3,5H2,1H3. The maximum atomic E-state index is 11.4. The van der Waals surface area contributed by atoms with Crippen LogP contribution in [0.15, 0.2) is 17.0 Å². The van der Waals surface area contributed by atoms with Crippen LogP contribution in [0.1, 0.15) is 6.42 Å². The van der Waals surface area contributed by atoms with Gasteiger partial charge in [0.1, 0.15) is 12.1 Å². The van der Waals surface area contributed by atoms with Gasteiger partial charge in [-0.1, -0.05) is 0 Å². The van der Waals surface area contributed by atoms with Gasteiger partial charge in [0, 0.05) is 19.3 Å². The van der Waals surface area contributed by atoms with Gasteiger partial charge in [-0.2, -0.15) is 0 Å². The first-order valence-electron chi connectivity index (χ1n) is 4.88. The van der Waals surface area contributed by atoms with E-state index >= 15 is 0 Å². The lowest BCUT2D eigenvalue weighted by molar-refractivity contribution is 0.600. The van der Waals surface area contributed by atoms with Crippen molar-refractivity contribution in [1.29, 1.82) is 0 Å². The van der Waals surface area contributed by atoms with Crippen molar-refractivity contribution in [2.75, 3.05) is 23.5 Å². The van der Waals surface area contributed by atoms with Crippen LogP contribution in [-0.2, 0) is 9.84 Å². The van der Waals surface area contributed by atoms with Crippen molar-refractivity contribution in [3.63, 3.8) is 0 Å². The second-order valence-corrected chi connectivity index (χ2v) is 6.95. The second kappa shape index (κ2) is 4.29. The summed E-state index contributed by atoms with van der Waals surface area (Å²) in [7, 11) is -1.00. The van der Waals surface area contributed by atoms with E-state index in [0.29, 0.717) is 6.42 Å². The fourth-order valence-corrected chi connectivity index (χ4v) is 4.09. The summed E-state index contributed by atoms with van der Waals surface area (Å²) < 4.78 is 23.6. The molecule has 1 aliphatic rings. The number of hydrogen-bond donors (Lipinski definition) is 0. The maximum absolute atomic E-state index is 11.4. The molecule has 16 heavy (non-hydrogen) atoms. The molecule has 5 nitrogen and oxygen atoms in total. The molecule has 0 bridgehead atoms. The summed E-state index contributed by atoms with van der Waals surface area (Å²) in [5.74, 6) is 1.21. The van der Waals surface area contributed by atoms with E-state index in [-0.39, 0.29) is 17.5 Å². The molecule has 2 rings (SSSR count). The molecule has 1 aromatic rings. The molecular weight excluding hydrogens is 294 g/mol. The lowest BCUT2D eigenvalue weighted by Gasteiger charge is -2.24. The average Bonchev–Trinajstić information content (AvgIpc) is 2.59. The minimum atomic E-state index is -2.86. The molecule has 0 N–H and O–H groups in total. The molecule has 88 valence electrons. The largest absolute Gasteiger partial charge is 0.355 e. The van der Waals surface area contributed by atoms with Crippen molar-refractivity contribution in [1.82, 2.24) is 9.97 Å². The lowest BCUT2D eigenvalue weighted by atomic mass is 10.2. The summed E-state index contributed by atoms with van der Waals surface area (Å²) in [4.78, 5) is 9.92. The number of nitrogens with zero attached hydrogens (tertiary/aromatic N) is 3. The number of aromatic nitrogens is 2. The molecule has 0 saturated carbocycles. The maximum Gasteiger partial charge on any atom is 0.152 e. The lowest BCUT2D eigenvalue weighted by Crippen LogP contribution is -2.33. The third-order valence-electron chi connectivity index (χ3n) is 2.74. The van der Waals surface area contributed by atoms with Crippen molar-refractivity contribution >= 4 is 31.6 Å². The molecule has 1 aliphatic heterocycles. The van der Waals surface area contributed by atoms with E-state index in [9.17, 15) is 8.42 Å². The number of halogens is 1. The summed E-state index contributed by atoms with van der Waals surface area (Å²) in [6, 6.07) is 0.0104. The predicted octanol–water partition coefficient (Wildman–Crippen LogP) is 0.862. The van der Waals surface area contributed by atoms with Crippen LogP contribution in [0, 0.1) is 0 Å². The number of hydrogen-bond acceptors (Lipinski definition) is 5. The van der Waals surface area contributed by atoms with Gasteiger partial charge in [0.25, 0.3) is 0 Å². The Morgan fingerprint density at radius 3 is 2.88 bits per heavy atom. The van der Waals surface area contributed by atoms with Crippen LogP contribution in [0.3, 0.4) is 0 Å². The normalized spacial score (nSPS) is 23.2. The zero-order chi connectivity index (χ0) is 11.8. The number of rotatable bonds is 2. The topological polar surface area (TPSA) is 63.2 Å². The van der Waals surface area contributed by atoms with Crippen LogP contribution in [0.4, 0.5) is 5.82 Å². The Hall–Kier alpha value is -0.690. The minimum Gasteiger partial charge on any atom is -0.355 e.